The number of aliphatic imine (C=N–C) groups is 1. The van der Waals surface area contributed by atoms with Gasteiger partial charge >= 0.3 is 0 Å². The van der Waals surface area contributed by atoms with E-state index >= 15 is 0 Å². The van der Waals surface area contributed by atoms with E-state index in [1.807, 2.05) is 6.08 Å². The van der Waals surface area contributed by atoms with Gasteiger partial charge in [-0.2, -0.15) is 0 Å². The average molecular weight is 289 g/mol. The first-order chi connectivity index (χ1) is 9.85. The van der Waals surface area contributed by atoms with Crippen LogP contribution in [0.2, 0.25) is 0 Å². The predicted octanol–water partition coefficient (Wildman–Crippen LogP) is 3.47. The van der Waals surface area contributed by atoms with Crippen LogP contribution in [0, 0.1) is 0 Å². The number of hydrogen-bond donors (Lipinski definition) is 2. The Balaban J connectivity index is 1.87. The van der Waals surface area contributed by atoms with Crippen molar-refractivity contribution in [2.45, 2.75) is 19.3 Å². The molecule has 0 saturated heterocycles. The Morgan fingerprint density at radius 2 is 2.40 bits per heavy atom. The van der Waals surface area contributed by atoms with Gasteiger partial charge < -0.3 is 10.6 Å². The quantitative estimate of drug-likeness (QED) is 0.478. The monoisotopic (exact) mass is 289 g/mol. The first-order valence-corrected chi connectivity index (χ1v) is 8.18. The number of rotatable bonds is 6. The van der Waals surface area contributed by atoms with Crippen LogP contribution in [0.3, 0.4) is 0 Å². The van der Waals surface area contributed by atoms with Crippen LogP contribution in [-0.4, -0.2) is 30.6 Å². The molecule has 1 aliphatic heterocycles. The molecule has 0 radical (unpaired) electrons. The molecular formula is C16H23N3S. The maximum absolute atomic E-state index is 4.68. The largest absolute Gasteiger partial charge is 0.384 e. The van der Waals surface area contributed by atoms with Gasteiger partial charge in [0.15, 0.2) is 5.17 Å². The van der Waals surface area contributed by atoms with Crippen LogP contribution >= 0.6 is 11.8 Å². The number of hydrogen-bond acceptors (Lipinski definition) is 3. The molecule has 0 bridgehead atoms. The first-order valence-electron chi connectivity index (χ1n) is 7.20. The number of thioether (sulfide) groups is 1. The molecule has 1 atom stereocenters. The normalized spacial score (nSPS) is 17.4. The van der Waals surface area contributed by atoms with E-state index in [9.17, 15) is 0 Å². The summed E-state index contributed by atoms with van der Waals surface area (Å²) in [5, 5.41) is 7.79. The Morgan fingerprint density at radius 3 is 3.20 bits per heavy atom. The van der Waals surface area contributed by atoms with Crippen molar-refractivity contribution in [3.8, 4) is 0 Å². The number of para-hydroxylation sites is 1. The highest BCUT2D eigenvalue weighted by atomic mass is 32.2. The van der Waals surface area contributed by atoms with Crippen LogP contribution < -0.4 is 10.6 Å². The third-order valence-corrected chi connectivity index (χ3v) is 4.19. The minimum Gasteiger partial charge on any atom is -0.384 e. The third-order valence-electron chi connectivity index (χ3n) is 3.35. The summed E-state index contributed by atoms with van der Waals surface area (Å²) >= 11 is 1.76. The van der Waals surface area contributed by atoms with E-state index in [1.165, 1.54) is 11.3 Å². The van der Waals surface area contributed by atoms with Gasteiger partial charge in [0.2, 0.25) is 0 Å². The second-order valence-electron chi connectivity index (χ2n) is 4.74. The maximum Gasteiger partial charge on any atom is 0.156 e. The second kappa shape index (κ2) is 8.00. The lowest BCUT2D eigenvalue weighted by molar-refractivity contribution is 0.686. The molecule has 1 aromatic carbocycles. The van der Waals surface area contributed by atoms with Gasteiger partial charge in [-0.05, 0) is 23.8 Å². The van der Waals surface area contributed by atoms with Gasteiger partial charge in [-0.15, -0.1) is 6.58 Å². The molecule has 108 valence electrons. The van der Waals surface area contributed by atoms with Crippen LogP contribution in [0.5, 0.6) is 0 Å². The lowest BCUT2D eigenvalue weighted by Crippen LogP contribution is -2.21. The summed E-state index contributed by atoms with van der Waals surface area (Å²) in [7, 11) is 0. The topological polar surface area (TPSA) is 36.4 Å². The Bertz CT molecular complexity index is 471. The predicted molar refractivity (Wildman–Crippen MR) is 90.9 cm³/mol. The zero-order chi connectivity index (χ0) is 14.2. The molecule has 2 rings (SSSR count). The van der Waals surface area contributed by atoms with Gasteiger partial charge in [0.25, 0.3) is 0 Å². The average Bonchev–Trinajstić information content (AvgIpc) is 2.88. The van der Waals surface area contributed by atoms with Crippen LogP contribution in [-0.2, 0) is 0 Å². The Kier molecular flexibility index (Phi) is 5.99. The maximum atomic E-state index is 4.68. The lowest BCUT2D eigenvalue weighted by atomic mass is 9.98. The molecule has 0 aliphatic carbocycles. The zero-order valence-electron chi connectivity index (χ0n) is 12.1. The molecule has 20 heavy (non-hydrogen) atoms. The van der Waals surface area contributed by atoms with Crippen molar-refractivity contribution in [1.82, 2.24) is 5.32 Å². The van der Waals surface area contributed by atoms with E-state index in [2.05, 4.69) is 53.4 Å². The standard InChI is InChI=1S/C16H23N3S/c1-3-10-17-16(20-4-2)18-11-9-13-12-19-15-8-6-5-7-14(13)15/h3,5-8,13,19H,1,4,9-12H2,2H3,(H,17,18)/t13-/m0/s1. The number of nitrogens with zero attached hydrogens (tertiary/aromatic N) is 1. The third kappa shape index (κ3) is 4.04. The Morgan fingerprint density at radius 1 is 1.55 bits per heavy atom. The minimum atomic E-state index is 0.585. The fourth-order valence-electron chi connectivity index (χ4n) is 2.39. The van der Waals surface area contributed by atoms with Crippen molar-refractivity contribution in [3.05, 3.63) is 42.5 Å². The molecule has 3 nitrogen and oxygen atoms in total. The van der Waals surface area contributed by atoms with Crippen LogP contribution in [0.4, 0.5) is 5.69 Å². The smallest absolute Gasteiger partial charge is 0.156 e. The lowest BCUT2D eigenvalue weighted by Gasteiger charge is -2.10. The zero-order valence-corrected chi connectivity index (χ0v) is 12.9. The molecule has 1 aromatic rings. The van der Waals surface area contributed by atoms with Gasteiger partial charge in [0.05, 0.1) is 0 Å². The molecule has 0 aromatic heterocycles. The van der Waals surface area contributed by atoms with Crippen LogP contribution in [0.15, 0.2) is 41.9 Å². The number of fused-ring (bicyclic) bond motifs is 1. The van der Waals surface area contributed by atoms with E-state index < -0.39 is 0 Å². The van der Waals surface area contributed by atoms with Crippen LogP contribution in [0.1, 0.15) is 24.8 Å². The number of benzene rings is 1. The van der Waals surface area contributed by atoms with Crippen molar-refractivity contribution < 1.29 is 0 Å². The van der Waals surface area contributed by atoms with Gasteiger partial charge in [-0.1, -0.05) is 43.0 Å². The Hall–Kier alpha value is -1.42. The highest BCUT2D eigenvalue weighted by molar-refractivity contribution is 8.13. The minimum absolute atomic E-state index is 0.585. The SMILES string of the molecule is C=CCNC(=NCC[C@H]1CNc2ccccc21)SCC. The summed E-state index contributed by atoms with van der Waals surface area (Å²) < 4.78 is 0. The summed E-state index contributed by atoms with van der Waals surface area (Å²) in [6.07, 6.45) is 2.95. The van der Waals surface area contributed by atoms with E-state index in [4.69, 9.17) is 0 Å². The summed E-state index contributed by atoms with van der Waals surface area (Å²) in [6, 6.07) is 8.58. The highest BCUT2D eigenvalue weighted by Gasteiger charge is 2.20. The Labute approximate surface area is 126 Å². The molecule has 0 unspecified atom stereocenters. The number of nitrogens with one attached hydrogen (secondary N) is 2. The summed E-state index contributed by atoms with van der Waals surface area (Å²) in [5.74, 6) is 1.62. The number of anilines is 1. The van der Waals surface area contributed by atoms with Crippen molar-refractivity contribution in [2.24, 2.45) is 4.99 Å². The van der Waals surface area contributed by atoms with Gasteiger partial charge in [0, 0.05) is 31.2 Å². The molecule has 0 amide bonds. The van der Waals surface area contributed by atoms with Crippen LogP contribution in [0.25, 0.3) is 0 Å². The van der Waals surface area contributed by atoms with E-state index in [0.717, 1.165) is 37.0 Å². The van der Waals surface area contributed by atoms with Crippen molar-refractivity contribution >= 4 is 22.6 Å². The first kappa shape index (κ1) is 15.0. The summed E-state index contributed by atoms with van der Waals surface area (Å²) in [5.41, 5.74) is 2.72. The fraction of sp³-hybridized carbons (Fsp3) is 0.438. The molecule has 0 fully saturated rings. The molecule has 2 N–H and O–H groups in total. The van der Waals surface area contributed by atoms with E-state index in [0.29, 0.717) is 5.92 Å². The van der Waals surface area contributed by atoms with E-state index in [1.54, 1.807) is 11.8 Å². The summed E-state index contributed by atoms with van der Waals surface area (Å²) in [6.45, 7) is 8.55. The molecular weight excluding hydrogens is 266 g/mol. The van der Waals surface area contributed by atoms with Crippen molar-refractivity contribution in [2.75, 3.05) is 30.7 Å². The van der Waals surface area contributed by atoms with Crippen molar-refractivity contribution in [3.63, 3.8) is 0 Å². The molecule has 0 spiro atoms. The molecule has 4 heteroatoms. The van der Waals surface area contributed by atoms with Crippen molar-refractivity contribution in [1.29, 1.82) is 0 Å². The highest BCUT2D eigenvalue weighted by Crippen LogP contribution is 2.33. The van der Waals surface area contributed by atoms with Gasteiger partial charge in [-0.25, -0.2) is 0 Å². The molecule has 1 heterocycles. The molecule has 1 aliphatic rings. The van der Waals surface area contributed by atoms with Gasteiger partial charge in [0.1, 0.15) is 0 Å². The fourth-order valence-corrected chi connectivity index (χ4v) is 3.03. The van der Waals surface area contributed by atoms with E-state index in [-0.39, 0.29) is 0 Å². The van der Waals surface area contributed by atoms with Gasteiger partial charge in [-0.3, -0.25) is 4.99 Å². The molecule has 0 saturated carbocycles. The second-order valence-corrected chi connectivity index (χ2v) is 6.00. The summed E-state index contributed by atoms with van der Waals surface area (Å²) in [4.78, 5) is 4.68. The number of amidine groups is 1.